The molecule has 92 valence electrons. The zero-order valence-electron chi connectivity index (χ0n) is 9.89. The van der Waals surface area contributed by atoms with Gasteiger partial charge in [-0.1, -0.05) is 29.8 Å². The number of hydrogen-bond donors (Lipinski definition) is 0. The highest BCUT2D eigenvalue weighted by atomic mass is 35.5. The maximum atomic E-state index is 12.2. The Balaban J connectivity index is 2.25. The summed E-state index contributed by atoms with van der Waals surface area (Å²) >= 11 is 6.03. The average molecular weight is 262 g/mol. The van der Waals surface area contributed by atoms with Crippen LogP contribution in [-0.2, 0) is 6.42 Å². The van der Waals surface area contributed by atoms with Crippen molar-refractivity contribution in [2.24, 2.45) is 0 Å². The minimum Gasteiger partial charge on any atom is -0.494 e. The lowest BCUT2D eigenvalue weighted by molar-refractivity contribution is 0.0990. The number of rotatable bonds is 4. The molecule has 1 aromatic carbocycles. The van der Waals surface area contributed by atoms with Crippen LogP contribution in [0.5, 0.6) is 5.75 Å². The van der Waals surface area contributed by atoms with Crippen molar-refractivity contribution in [3.8, 4) is 5.75 Å². The molecule has 0 N–H and O–H groups in total. The summed E-state index contributed by atoms with van der Waals surface area (Å²) in [5.74, 6) is 0.442. The van der Waals surface area contributed by atoms with Crippen LogP contribution in [0.25, 0.3) is 0 Å². The van der Waals surface area contributed by atoms with Gasteiger partial charge in [-0.25, -0.2) is 0 Å². The van der Waals surface area contributed by atoms with E-state index in [1.807, 2.05) is 18.2 Å². The predicted octanol–water partition coefficient (Wildman–Crippen LogP) is 3.17. The molecule has 3 nitrogen and oxygen atoms in total. The van der Waals surface area contributed by atoms with Crippen molar-refractivity contribution < 1.29 is 9.53 Å². The highest BCUT2D eigenvalue weighted by Crippen LogP contribution is 2.21. The second-order valence-electron chi connectivity index (χ2n) is 3.77. The van der Waals surface area contributed by atoms with Crippen LogP contribution in [0, 0.1) is 0 Å². The van der Waals surface area contributed by atoms with E-state index < -0.39 is 0 Å². The van der Waals surface area contributed by atoms with Crippen LogP contribution in [0.1, 0.15) is 15.9 Å². The second kappa shape index (κ2) is 5.65. The number of ketones is 1. The molecule has 2 rings (SSSR count). The molecule has 18 heavy (non-hydrogen) atoms. The van der Waals surface area contributed by atoms with Crippen molar-refractivity contribution in [2.45, 2.75) is 6.42 Å². The van der Waals surface area contributed by atoms with E-state index in [1.165, 1.54) is 13.3 Å². The largest absolute Gasteiger partial charge is 0.494 e. The number of benzene rings is 1. The number of carbonyl (C=O) groups is 1. The minimum absolute atomic E-state index is 0.0395. The molecule has 0 aliphatic heterocycles. The molecule has 2 aromatic rings. The van der Waals surface area contributed by atoms with Crippen molar-refractivity contribution in [1.82, 2.24) is 4.98 Å². The molecular formula is C14H12ClNO2. The Morgan fingerprint density at radius 3 is 2.83 bits per heavy atom. The molecule has 0 aliphatic rings. The first-order chi connectivity index (χ1) is 8.72. The molecule has 0 atom stereocenters. The fourth-order valence-electron chi connectivity index (χ4n) is 1.68. The number of methoxy groups -OCH3 is 1. The second-order valence-corrected chi connectivity index (χ2v) is 4.17. The summed E-state index contributed by atoms with van der Waals surface area (Å²) in [6.45, 7) is 0. The van der Waals surface area contributed by atoms with E-state index >= 15 is 0 Å². The van der Waals surface area contributed by atoms with Gasteiger partial charge in [0.2, 0.25) is 0 Å². The third-order valence-electron chi connectivity index (χ3n) is 2.61. The van der Waals surface area contributed by atoms with Gasteiger partial charge in [0.15, 0.2) is 5.78 Å². The molecule has 4 heteroatoms. The summed E-state index contributed by atoms with van der Waals surface area (Å²) in [5, 5.41) is 0.596. The number of nitrogens with zero attached hydrogens (tertiary/aromatic N) is 1. The zero-order valence-corrected chi connectivity index (χ0v) is 10.6. The van der Waals surface area contributed by atoms with Crippen LogP contribution in [0.4, 0.5) is 0 Å². The number of aromatic nitrogens is 1. The van der Waals surface area contributed by atoms with Gasteiger partial charge in [0.1, 0.15) is 5.75 Å². The van der Waals surface area contributed by atoms with Crippen molar-refractivity contribution in [1.29, 1.82) is 0 Å². The Morgan fingerprint density at radius 1 is 1.33 bits per heavy atom. The minimum atomic E-state index is -0.0395. The standard InChI is InChI=1S/C14H12ClNO2/c1-18-14-9-16-7-6-11(14)13(17)8-10-4-2-3-5-12(10)15/h2-7,9H,8H2,1H3. The van der Waals surface area contributed by atoms with Crippen molar-refractivity contribution in [2.75, 3.05) is 7.11 Å². The lowest BCUT2D eigenvalue weighted by Crippen LogP contribution is -2.06. The van der Waals surface area contributed by atoms with Gasteiger partial charge in [-0.3, -0.25) is 9.78 Å². The predicted molar refractivity (Wildman–Crippen MR) is 70.3 cm³/mol. The molecule has 1 heterocycles. The van der Waals surface area contributed by atoms with Gasteiger partial charge < -0.3 is 4.74 Å². The van der Waals surface area contributed by atoms with Crippen LogP contribution < -0.4 is 4.74 Å². The molecule has 0 radical (unpaired) electrons. The lowest BCUT2D eigenvalue weighted by Gasteiger charge is -2.07. The SMILES string of the molecule is COc1cnccc1C(=O)Cc1ccccc1Cl. The topological polar surface area (TPSA) is 39.2 Å². The molecular weight excluding hydrogens is 250 g/mol. The number of halogens is 1. The molecule has 0 fully saturated rings. The van der Waals surface area contributed by atoms with Gasteiger partial charge in [-0.05, 0) is 17.7 Å². The Kier molecular flexibility index (Phi) is 3.95. The summed E-state index contributed by atoms with van der Waals surface area (Å²) in [5.41, 5.74) is 1.33. The fraction of sp³-hybridized carbons (Fsp3) is 0.143. The average Bonchev–Trinajstić information content (AvgIpc) is 2.41. The van der Waals surface area contributed by atoms with E-state index in [9.17, 15) is 4.79 Å². The molecule has 0 unspecified atom stereocenters. The number of pyridine rings is 1. The van der Waals surface area contributed by atoms with Gasteiger partial charge in [0.25, 0.3) is 0 Å². The normalized spacial score (nSPS) is 10.1. The van der Waals surface area contributed by atoms with E-state index in [0.29, 0.717) is 16.3 Å². The molecule has 1 aromatic heterocycles. The van der Waals surface area contributed by atoms with Crippen LogP contribution in [-0.4, -0.2) is 17.9 Å². The maximum absolute atomic E-state index is 12.2. The van der Waals surface area contributed by atoms with Crippen LogP contribution in [0.15, 0.2) is 42.7 Å². The van der Waals surface area contributed by atoms with E-state index in [2.05, 4.69) is 4.98 Å². The van der Waals surface area contributed by atoms with Gasteiger partial charge in [-0.2, -0.15) is 0 Å². The van der Waals surface area contributed by atoms with Gasteiger partial charge in [0, 0.05) is 17.6 Å². The quantitative estimate of drug-likeness (QED) is 0.794. The molecule has 0 amide bonds. The fourth-order valence-corrected chi connectivity index (χ4v) is 1.89. The Hall–Kier alpha value is -1.87. The molecule has 0 saturated heterocycles. The Labute approximate surface area is 110 Å². The smallest absolute Gasteiger partial charge is 0.171 e. The Bertz CT molecular complexity index is 569. The number of Topliss-reactive ketones (excluding diaryl/α,β-unsaturated/α-hetero) is 1. The van der Waals surface area contributed by atoms with E-state index in [0.717, 1.165) is 5.56 Å². The highest BCUT2D eigenvalue weighted by molar-refractivity contribution is 6.31. The van der Waals surface area contributed by atoms with Crippen molar-refractivity contribution in [3.63, 3.8) is 0 Å². The highest BCUT2D eigenvalue weighted by Gasteiger charge is 2.13. The van der Waals surface area contributed by atoms with Crippen molar-refractivity contribution in [3.05, 3.63) is 58.9 Å². The monoisotopic (exact) mass is 261 g/mol. The number of hydrogen-bond acceptors (Lipinski definition) is 3. The third-order valence-corrected chi connectivity index (χ3v) is 2.98. The molecule has 0 aliphatic carbocycles. The third kappa shape index (κ3) is 2.68. The zero-order chi connectivity index (χ0) is 13.0. The van der Waals surface area contributed by atoms with E-state index in [-0.39, 0.29) is 12.2 Å². The summed E-state index contributed by atoms with van der Waals surface area (Å²) in [6, 6.07) is 8.96. The lowest BCUT2D eigenvalue weighted by atomic mass is 10.0. The van der Waals surface area contributed by atoms with Crippen molar-refractivity contribution >= 4 is 17.4 Å². The molecule has 0 saturated carbocycles. The van der Waals surface area contributed by atoms with Gasteiger partial charge >= 0.3 is 0 Å². The number of ether oxygens (including phenoxy) is 1. The first-order valence-electron chi connectivity index (χ1n) is 5.47. The Morgan fingerprint density at radius 2 is 2.11 bits per heavy atom. The first kappa shape index (κ1) is 12.6. The maximum Gasteiger partial charge on any atom is 0.171 e. The van der Waals surface area contributed by atoms with Crippen LogP contribution in [0.3, 0.4) is 0 Å². The number of carbonyl (C=O) groups excluding carboxylic acids is 1. The van der Waals surface area contributed by atoms with Gasteiger partial charge in [0.05, 0.1) is 18.9 Å². The summed E-state index contributed by atoms with van der Waals surface area (Å²) in [4.78, 5) is 16.1. The molecule has 0 spiro atoms. The summed E-state index contributed by atoms with van der Waals surface area (Å²) < 4.78 is 5.12. The van der Waals surface area contributed by atoms with Crippen LogP contribution in [0.2, 0.25) is 5.02 Å². The summed E-state index contributed by atoms with van der Waals surface area (Å²) in [7, 11) is 1.52. The van der Waals surface area contributed by atoms with Gasteiger partial charge in [-0.15, -0.1) is 0 Å². The van der Waals surface area contributed by atoms with Crippen LogP contribution >= 0.6 is 11.6 Å². The molecule has 0 bridgehead atoms. The first-order valence-corrected chi connectivity index (χ1v) is 5.84. The van der Waals surface area contributed by atoms with E-state index in [1.54, 1.807) is 18.3 Å². The van der Waals surface area contributed by atoms with E-state index in [4.69, 9.17) is 16.3 Å². The summed E-state index contributed by atoms with van der Waals surface area (Å²) in [6.07, 6.45) is 3.35.